The summed E-state index contributed by atoms with van der Waals surface area (Å²) in [5.41, 5.74) is 1.63. The second kappa shape index (κ2) is 4.64. The topological polar surface area (TPSA) is 58.1 Å². The van der Waals surface area contributed by atoms with Crippen LogP contribution in [0.5, 0.6) is 0 Å². The van der Waals surface area contributed by atoms with E-state index in [2.05, 4.69) is 15.3 Å². The van der Waals surface area contributed by atoms with Gasteiger partial charge in [-0.25, -0.2) is 14.4 Å². The molecule has 1 aliphatic heterocycles. The van der Waals surface area contributed by atoms with Crippen LogP contribution in [0.3, 0.4) is 0 Å². The summed E-state index contributed by atoms with van der Waals surface area (Å²) in [5.74, 6) is 0.398. The number of anilines is 2. The number of rotatable bonds is 3. The third-order valence-electron chi connectivity index (χ3n) is 3.00. The highest BCUT2D eigenvalue weighted by Gasteiger charge is 2.29. The molecule has 0 saturated heterocycles. The summed E-state index contributed by atoms with van der Waals surface area (Å²) >= 11 is 0. The molecule has 0 saturated carbocycles. The van der Waals surface area contributed by atoms with Gasteiger partial charge in [-0.3, -0.25) is 4.79 Å². The zero-order valence-electron chi connectivity index (χ0n) is 9.95. The summed E-state index contributed by atoms with van der Waals surface area (Å²) in [6.45, 7) is 0.473. The molecule has 3 rings (SSSR count). The Labute approximate surface area is 109 Å². The molecule has 1 aliphatic rings. The van der Waals surface area contributed by atoms with Crippen molar-refractivity contribution < 1.29 is 9.18 Å². The summed E-state index contributed by atoms with van der Waals surface area (Å²) in [7, 11) is 0. The van der Waals surface area contributed by atoms with Gasteiger partial charge in [-0.2, -0.15) is 0 Å². The largest absolute Gasteiger partial charge is 0.355 e. The van der Waals surface area contributed by atoms with Gasteiger partial charge >= 0.3 is 0 Å². The summed E-state index contributed by atoms with van der Waals surface area (Å²) in [4.78, 5) is 21.0. The first-order chi connectivity index (χ1) is 9.28. The van der Waals surface area contributed by atoms with E-state index in [0.717, 1.165) is 17.5 Å². The first-order valence-corrected chi connectivity index (χ1v) is 5.81. The minimum atomic E-state index is -0.475. The van der Waals surface area contributed by atoms with Crippen molar-refractivity contribution in [2.45, 2.75) is 12.7 Å². The highest BCUT2D eigenvalue weighted by molar-refractivity contribution is 5.81. The number of carbonyl (C=O) groups is 1. The van der Waals surface area contributed by atoms with Crippen molar-refractivity contribution in [2.75, 3.05) is 10.2 Å². The van der Waals surface area contributed by atoms with Gasteiger partial charge in [-0.1, -0.05) is 12.1 Å². The van der Waals surface area contributed by atoms with Crippen molar-refractivity contribution in [1.82, 2.24) is 9.97 Å². The zero-order valence-corrected chi connectivity index (χ0v) is 9.95. The number of carbonyl (C=O) groups excluding carboxylic acids is 1. The summed E-state index contributed by atoms with van der Waals surface area (Å²) in [6, 6.07) is 6.18. The fraction of sp³-hybridized carbons (Fsp3) is 0.154. The van der Waals surface area contributed by atoms with Gasteiger partial charge in [0.25, 0.3) is 0 Å². The number of benzene rings is 1. The van der Waals surface area contributed by atoms with Gasteiger partial charge in [0.05, 0.1) is 11.9 Å². The minimum Gasteiger partial charge on any atom is -0.355 e. The molecule has 1 aromatic carbocycles. The second-order valence-corrected chi connectivity index (χ2v) is 4.24. The lowest BCUT2D eigenvalue weighted by atomic mass is 10.2. The van der Waals surface area contributed by atoms with Crippen molar-refractivity contribution in [3.8, 4) is 0 Å². The predicted molar refractivity (Wildman–Crippen MR) is 68.1 cm³/mol. The zero-order chi connectivity index (χ0) is 13.2. The van der Waals surface area contributed by atoms with Crippen molar-refractivity contribution in [3.63, 3.8) is 0 Å². The Bertz CT molecular complexity index is 602. The lowest BCUT2D eigenvalue weighted by Gasteiger charge is -2.21. The molecule has 0 spiro atoms. The minimum absolute atomic E-state index is 0.280. The number of aldehydes is 1. The SMILES string of the molecule is O=CC1Nc2cncnc2N1Cc1ccc(F)cc1. The van der Waals surface area contributed by atoms with Crippen LogP contribution in [0.1, 0.15) is 5.56 Å². The fourth-order valence-corrected chi connectivity index (χ4v) is 2.09. The van der Waals surface area contributed by atoms with E-state index in [-0.39, 0.29) is 5.82 Å². The van der Waals surface area contributed by atoms with E-state index in [9.17, 15) is 9.18 Å². The molecule has 96 valence electrons. The highest BCUT2D eigenvalue weighted by atomic mass is 19.1. The number of halogens is 1. The van der Waals surface area contributed by atoms with Crippen molar-refractivity contribution in [2.24, 2.45) is 0 Å². The average molecular weight is 258 g/mol. The molecule has 1 atom stereocenters. The van der Waals surface area contributed by atoms with Crippen LogP contribution in [0.15, 0.2) is 36.8 Å². The third-order valence-corrected chi connectivity index (χ3v) is 3.00. The maximum Gasteiger partial charge on any atom is 0.162 e. The molecule has 0 bridgehead atoms. The Morgan fingerprint density at radius 1 is 1.37 bits per heavy atom. The van der Waals surface area contributed by atoms with Gasteiger partial charge < -0.3 is 10.2 Å². The molecule has 0 radical (unpaired) electrons. The summed E-state index contributed by atoms with van der Waals surface area (Å²) in [5, 5.41) is 3.02. The van der Waals surface area contributed by atoms with E-state index < -0.39 is 6.17 Å². The number of nitrogens with one attached hydrogen (secondary N) is 1. The molecule has 1 unspecified atom stereocenters. The monoisotopic (exact) mass is 258 g/mol. The van der Waals surface area contributed by atoms with Gasteiger partial charge in [0.2, 0.25) is 0 Å². The van der Waals surface area contributed by atoms with Crippen LogP contribution in [0.25, 0.3) is 0 Å². The molecule has 0 aliphatic carbocycles. The van der Waals surface area contributed by atoms with E-state index in [1.807, 2.05) is 4.90 Å². The number of fused-ring (bicyclic) bond motifs is 1. The summed E-state index contributed by atoms with van der Waals surface area (Å²) in [6.07, 6.45) is 3.40. The summed E-state index contributed by atoms with van der Waals surface area (Å²) < 4.78 is 12.9. The molecule has 0 amide bonds. The molecule has 1 N–H and O–H groups in total. The van der Waals surface area contributed by atoms with Gasteiger partial charge in [-0.05, 0) is 17.7 Å². The van der Waals surface area contributed by atoms with Gasteiger partial charge in [0.15, 0.2) is 18.3 Å². The van der Waals surface area contributed by atoms with Crippen LogP contribution in [0.2, 0.25) is 0 Å². The van der Waals surface area contributed by atoms with Crippen LogP contribution in [0, 0.1) is 5.82 Å². The normalized spacial score (nSPS) is 16.9. The smallest absolute Gasteiger partial charge is 0.162 e. The Balaban J connectivity index is 1.90. The second-order valence-electron chi connectivity index (χ2n) is 4.24. The maximum atomic E-state index is 12.9. The van der Waals surface area contributed by atoms with E-state index in [4.69, 9.17) is 0 Å². The lowest BCUT2D eigenvalue weighted by Crippen LogP contribution is -2.36. The van der Waals surface area contributed by atoms with Crippen LogP contribution in [0.4, 0.5) is 15.9 Å². The molecule has 5 nitrogen and oxygen atoms in total. The number of aromatic nitrogens is 2. The molecule has 19 heavy (non-hydrogen) atoms. The molecule has 2 aromatic rings. The Morgan fingerprint density at radius 2 is 2.16 bits per heavy atom. The number of nitrogens with zero attached hydrogens (tertiary/aromatic N) is 3. The van der Waals surface area contributed by atoms with Crippen LogP contribution >= 0.6 is 0 Å². The van der Waals surface area contributed by atoms with Crippen LogP contribution < -0.4 is 10.2 Å². The Kier molecular flexibility index (Phi) is 2.83. The molecular weight excluding hydrogens is 247 g/mol. The van der Waals surface area contributed by atoms with Crippen molar-refractivity contribution >= 4 is 17.8 Å². The quantitative estimate of drug-likeness (QED) is 0.847. The molecule has 0 fully saturated rings. The average Bonchev–Trinajstić information content (AvgIpc) is 2.79. The Hall–Kier alpha value is -2.50. The standard InChI is InChI=1S/C13H11FN4O/c14-10-3-1-9(2-4-10)6-18-12(7-19)17-11-5-15-8-16-13(11)18/h1-5,7-8,12,17H,6H2. The maximum absolute atomic E-state index is 12.9. The molecule has 2 heterocycles. The first kappa shape index (κ1) is 11.6. The van der Waals surface area contributed by atoms with Crippen molar-refractivity contribution in [1.29, 1.82) is 0 Å². The first-order valence-electron chi connectivity index (χ1n) is 5.81. The number of hydrogen-bond acceptors (Lipinski definition) is 5. The van der Waals surface area contributed by atoms with E-state index in [1.165, 1.54) is 18.5 Å². The lowest BCUT2D eigenvalue weighted by molar-refractivity contribution is -0.108. The molecular formula is C13H11FN4O. The van der Waals surface area contributed by atoms with E-state index in [1.54, 1.807) is 18.3 Å². The fourth-order valence-electron chi connectivity index (χ4n) is 2.09. The predicted octanol–water partition coefficient (Wildman–Crippen LogP) is 1.57. The number of hydrogen-bond donors (Lipinski definition) is 1. The molecule has 1 aromatic heterocycles. The van der Waals surface area contributed by atoms with Crippen LogP contribution in [-0.4, -0.2) is 22.4 Å². The highest BCUT2D eigenvalue weighted by Crippen LogP contribution is 2.31. The molecule has 6 heteroatoms. The van der Waals surface area contributed by atoms with Gasteiger partial charge in [0.1, 0.15) is 12.1 Å². The van der Waals surface area contributed by atoms with E-state index in [0.29, 0.717) is 12.4 Å². The van der Waals surface area contributed by atoms with Crippen LogP contribution in [-0.2, 0) is 11.3 Å². The van der Waals surface area contributed by atoms with Gasteiger partial charge in [0, 0.05) is 6.54 Å². The van der Waals surface area contributed by atoms with Crippen molar-refractivity contribution in [3.05, 3.63) is 48.2 Å². The third kappa shape index (κ3) is 2.12. The Morgan fingerprint density at radius 3 is 2.89 bits per heavy atom. The van der Waals surface area contributed by atoms with Gasteiger partial charge in [-0.15, -0.1) is 0 Å². The van der Waals surface area contributed by atoms with E-state index >= 15 is 0 Å².